The summed E-state index contributed by atoms with van der Waals surface area (Å²) < 4.78 is 6.65. The van der Waals surface area contributed by atoms with Gasteiger partial charge >= 0.3 is 6.03 Å². The molecule has 6 heteroatoms. The molecule has 0 saturated heterocycles. The van der Waals surface area contributed by atoms with Gasteiger partial charge in [-0.15, -0.1) is 0 Å². The fourth-order valence-corrected chi connectivity index (χ4v) is 2.91. The number of Topliss-reactive ketones (excluding diaryl/α,β-unsaturated/α-hetero) is 1. The van der Waals surface area contributed by atoms with Crippen LogP contribution in [0, 0.1) is 10.8 Å². The number of benzene rings is 1. The molecule has 0 saturated carbocycles. The monoisotopic (exact) mass is 373 g/mol. The van der Waals surface area contributed by atoms with E-state index in [2.05, 4.69) is 25.9 Å². The third-order valence-electron chi connectivity index (χ3n) is 4.28. The van der Waals surface area contributed by atoms with E-state index in [1.165, 1.54) is 4.68 Å². The van der Waals surface area contributed by atoms with E-state index in [-0.39, 0.29) is 17.2 Å². The lowest BCUT2D eigenvalue weighted by Crippen LogP contribution is -2.40. The highest BCUT2D eigenvalue weighted by atomic mass is 16.5. The lowest BCUT2D eigenvalue weighted by molar-refractivity contribution is 0.0854. The maximum Gasteiger partial charge on any atom is 0.345 e. The van der Waals surface area contributed by atoms with E-state index in [9.17, 15) is 9.59 Å². The van der Waals surface area contributed by atoms with E-state index in [0.29, 0.717) is 35.4 Å². The zero-order valence-corrected chi connectivity index (χ0v) is 17.7. The Hall–Kier alpha value is -2.37. The Bertz CT molecular complexity index is 854. The van der Waals surface area contributed by atoms with Crippen molar-refractivity contribution in [3.05, 3.63) is 23.9 Å². The molecule has 1 aromatic heterocycles. The van der Waals surface area contributed by atoms with Crippen molar-refractivity contribution in [2.24, 2.45) is 10.8 Å². The third-order valence-corrected chi connectivity index (χ3v) is 4.28. The predicted octanol–water partition coefficient (Wildman–Crippen LogP) is 4.61. The fourth-order valence-electron chi connectivity index (χ4n) is 2.91. The SMILES string of the molecule is CCN(CC(C)(C)C)C(=O)n1nc(C(=O)C(C)(C)C)c2ccc(OC)cc21. The lowest BCUT2D eigenvalue weighted by atomic mass is 9.88. The summed E-state index contributed by atoms with van der Waals surface area (Å²) in [7, 11) is 1.57. The number of aromatic nitrogens is 2. The highest BCUT2D eigenvalue weighted by Crippen LogP contribution is 2.29. The summed E-state index contributed by atoms with van der Waals surface area (Å²) in [5, 5.41) is 5.11. The minimum absolute atomic E-state index is 0.0453. The topological polar surface area (TPSA) is 64.4 Å². The molecule has 0 fully saturated rings. The first-order chi connectivity index (χ1) is 12.4. The molecule has 0 radical (unpaired) electrons. The standard InChI is InChI=1S/C21H31N3O3/c1-9-23(13-20(2,3)4)19(26)24-16-12-14(27-8)10-11-15(16)17(22-24)18(25)21(5,6)7/h10-12H,9,13H2,1-8H3. The molecule has 0 N–H and O–H groups in total. The summed E-state index contributed by atoms with van der Waals surface area (Å²) in [5.74, 6) is 0.521. The first kappa shape index (κ1) is 20.9. The molecule has 27 heavy (non-hydrogen) atoms. The average Bonchev–Trinajstić information content (AvgIpc) is 2.95. The summed E-state index contributed by atoms with van der Waals surface area (Å²) in [5.41, 5.74) is 0.265. The predicted molar refractivity (Wildman–Crippen MR) is 108 cm³/mol. The minimum Gasteiger partial charge on any atom is -0.497 e. The third kappa shape index (κ3) is 4.49. The van der Waals surface area contributed by atoms with Gasteiger partial charge in [0.2, 0.25) is 0 Å². The molecule has 0 unspecified atom stereocenters. The summed E-state index contributed by atoms with van der Waals surface area (Å²) in [6.45, 7) is 14.9. The number of carbonyl (C=O) groups excluding carboxylic acids is 2. The molecule has 2 aromatic rings. The second kappa shape index (κ2) is 7.33. The van der Waals surface area contributed by atoms with Gasteiger partial charge in [-0.3, -0.25) is 4.79 Å². The van der Waals surface area contributed by atoms with E-state index in [0.717, 1.165) is 0 Å². The number of methoxy groups -OCH3 is 1. The minimum atomic E-state index is -0.592. The quantitative estimate of drug-likeness (QED) is 0.734. The molecule has 0 spiro atoms. The fraction of sp³-hybridized carbons (Fsp3) is 0.571. The van der Waals surface area contributed by atoms with Gasteiger partial charge in [0.25, 0.3) is 0 Å². The normalized spacial score (nSPS) is 12.3. The molecule has 1 aromatic carbocycles. The van der Waals surface area contributed by atoms with E-state index in [1.54, 1.807) is 30.2 Å². The van der Waals surface area contributed by atoms with Gasteiger partial charge in [0.05, 0.1) is 12.6 Å². The average molecular weight is 373 g/mol. The van der Waals surface area contributed by atoms with Crippen molar-refractivity contribution >= 4 is 22.7 Å². The Morgan fingerprint density at radius 2 is 1.78 bits per heavy atom. The van der Waals surface area contributed by atoms with Crippen molar-refractivity contribution in [1.82, 2.24) is 14.7 Å². The van der Waals surface area contributed by atoms with Crippen molar-refractivity contribution < 1.29 is 14.3 Å². The van der Waals surface area contributed by atoms with Gasteiger partial charge in [-0.05, 0) is 24.5 Å². The van der Waals surface area contributed by atoms with Crippen molar-refractivity contribution in [2.75, 3.05) is 20.2 Å². The van der Waals surface area contributed by atoms with Crippen molar-refractivity contribution in [1.29, 1.82) is 0 Å². The van der Waals surface area contributed by atoms with Gasteiger partial charge < -0.3 is 9.64 Å². The second-order valence-corrected chi connectivity index (χ2v) is 9.08. The molecule has 0 aliphatic heterocycles. The Kier molecular flexibility index (Phi) is 5.68. The van der Waals surface area contributed by atoms with Crippen LogP contribution in [0.25, 0.3) is 10.9 Å². The molecule has 0 aliphatic rings. The van der Waals surface area contributed by atoms with Gasteiger partial charge in [-0.2, -0.15) is 9.78 Å². The lowest BCUT2D eigenvalue weighted by Gasteiger charge is -2.28. The highest BCUT2D eigenvalue weighted by molar-refractivity contribution is 6.10. The zero-order valence-electron chi connectivity index (χ0n) is 17.7. The number of carbonyl (C=O) groups is 2. The van der Waals surface area contributed by atoms with Crippen LogP contribution in [0.4, 0.5) is 4.79 Å². The Morgan fingerprint density at radius 1 is 1.15 bits per heavy atom. The van der Waals surface area contributed by atoms with Crippen molar-refractivity contribution in [3.8, 4) is 5.75 Å². The second-order valence-electron chi connectivity index (χ2n) is 9.08. The van der Waals surface area contributed by atoms with Crippen LogP contribution in [0.3, 0.4) is 0 Å². The summed E-state index contributed by atoms with van der Waals surface area (Å²) in [4.78, 5) is 27.9. The number of amides is 1. The molecular formula is C21H31N3O3. The van der Waals surface area contributed by atoms with Crippen LogP contribution < -0.4 is 4.74 Å². The van der Waals surface area contributed by atoms with Crippen LogP contribution in [0.5, 0.6) is 5.75 Å². The van der Waals surface area contributed by atoms with Gasteiger partial charge in [-0.25, -0.2) is 4.79 Å². The molecule has 0 atom stereocenters. The Labute approximate surface area is 161 Å². The van der Waals surface area contributed by atoms with Crippen molar-refractivity contribution in [3.63, 3.8) is 0 Å². The first-order valence-electron chi connectivity index (χ1n) is 9.30. The first-order valence-corrected chi connectivity index (χ1v) is 9.30. The summed E-state index contributed by atoms with van der Waals surface area (Å²) >= 11 is 0. The molecule has 2 rings (SSSR count). The number of nitrogens with zero attached hydrogens (tertiary/aromatic N) is 3. The number of ketones is 1. The van der Waals surface area contributed by atoms with Gasteiger partial charge in [-0.1, -0.05) is 41.5 Å². The van der Waals surface area contributed by atoms with Crippen LogP contribution in [-0.4, -0.2) is 46.7 Å². The number of hydrogen-bond acceptors (Lipinski definition) is 4. The van der Waals surface area contributed by atoms with Crippen LogP contribution in [0.2, 0.25) is 0 Å². The Balaban J connectivity index is 2.64. The maximum absolute atomic E-state index is 13.2. The van der Waals surface area contributed by atoms with Gasteiger partial charge in [0.1, 0.15) is 11.4 Å². The van der Waals surface area contributed by atoms with Gasteiger partial charge in [0.15, 0.2) is 5.78 Å². The molecule has 1 heterocycles. The maximum atomic E-state index is 13.2. The molecule has 6 nitrogen and oxygen atoms in total. The van der Waals surface area contributed by atoms with E-state index >= 15 is 0 Å². The molecule has 0 aliphatic carbocycles. The zero-order chi connectivity index (χ0) is 20.6. The van der Waals surface area contributed by atoms with Crippen molar-refractivity contribution in [2.45, 2.75) is 48.5 Å². The number of hydrogen-bond donors (Lipinski definition) is 0. The number of ether oxygens (including phenoxy) is 1. The Morgan fingerprint density at radius 3 is 2.26 bits per heavy atom. The van der Waals surface area contributed by atoms with Crippen LogP contribution in [0.1, 0.15) is 59.0 Å². The molecule has 148 valence electrons. The molecule has 0 bridgehead atoms. The number of rotatable bonds is 4. The van der Waals surface area contributed by atoms with Crippen LogP contribution in [0.15, 0.2) is 18.2 Å². The highest BCUT2D eigenvalue weighted by Gasteiger charge is 2.30. The van der Waals surface area contributed by atoms with E-state index < -0.39 is 5.41 Å². The van der Waals surface area contributed by atoms with Crippen LogP contribution in [-0.2, 0) is 0 Å². The van der Waals surface area contributed by atoms with E-state index in [1.807, 2.05) is 27.7 Å². The molecule has 1 amide bonds. The summed E-state index contributed by atoms with van der Waals surface area (Å²) in [6, 6.07) is 5.10. The largest absolute Gasteiger partial charge is 0.497 e. The summed E-state index contributed by atoms with van der Waals surface area (Å²) in [6.07, 6.45) is 0. The molecular weight excluding hydrogens is 342 g/mol. The smallest absolute Gasteiger partial charge is 0.345 e. The van der Waals surface area contributed by atoms with Gasteiger partial charge in [0, 0.05) is 30.0 Å². The van der Waals surface area contributed by atoms with Crippen LogP contribution >= 0.6 is 0 Å². The number of fused-ring (bicyclic) bond motifs is 1. The van der Waals surface area contributed by atoms with E-state index in [4.69, 9.17) is 4.74 Å².